The molecule has 2 aliphatic rings. The molecule has 3 heterocycles. The van der Waals surface area contributed by atoms with E-state index >= 15 is 0 Å². The van der Waals surface area contributed by atoms with E-state index in [2.05, 4.69) is 26.2 Å². The van der Waals surface area contributed by atoms with Crippen molar-refractivity contribution in [3.8, 4) is 0 Å². The molecule has 3 rings (SSSR count). The van der Waals surface area contributed by atoms with E-state index in [4.69, 9.17) is 4.74 Å². The van der Waals surface area contributed by atoms with Crippen LogP contribution in [0.4, 0.5) is 10.5 Å². The van der Waals surface area contributed by atoms with Gasteiger partial charge in [0, 0.05) is 0 Å². The molecule has 2 amide bonds. The highest BCUT2D eigenvalue weighted by Crippen LogP contribution is 2.28. The quantitative estimate of drug-likeness (QED) is 0.800. The first-order chi connectivity index (χ1) is 9.65. The molecule has 0 saturated carbocycles. The first-order valence-electron chi connectivity index (χ1n) is 6.94. The maximum absolute atomic E-state index is 12.5. The molecule has 0 radical (unpaired) electrons. The van der Waals surface area contributed by atoms with Gasteiger partial charge in [-0.3, -0.25) is 0 Å². The highest BCUT2D eigenvalue weighted by molar-refractivity contribution is 9.10. The average molecular weight is 340 g/mol. The number of carbonyl (C=O) groups excluding carboxylic acids is 1. The van der Waals surface area contributed by atoms with Gasteiger partial charge in [-0.25, -0.2) is 9.78 Å². The zero-order valence-corrected chi connectivity index (χ0v) is 13.0. The molecule has 2 bridgehead atoms. The van der Waals surface area contributed by atoms with Gasteiger partial charge >= 0.3 is 6.03 Å². The van der Waals surface area contributed by atoms with Crippen LogP contribution in [0.2, 0.25) is 0 Å². The van der Waals surface area contributed by atoms with Crippen molar-refractivity contribution in [1.29, 1.82) is 0 Å². The molecule has 1 aromatic rings. The molecule has 5 nitrogen and oxygen atoms in total. The van der Waals surface area contributed by atoms with Crippen LogP contribution in [0.3, 0.4) is 0 Å². The van der Waals surface area contributed by atoms with Gasteiger partial charge in [0.05, 0.1) is 37.2 Å². The summed E-state index contributed by atoms with van der Waals surface area (Å²) < 4.78 is 6.37. The number of ether oxygens (including phenoxy) is 1. The largest absolute Gasteiger partial charge is 0.377 e. The fraction of sp³-hybridized carbons (Fsp3) is 0.571. The van der Waals surface area contributed by atoms with Crippen LogP contribution in [-0.4, -0.2) is 41.2 Å². The van der Waals surface area contributed by atoms with E-state index in [0.717, 1.165) is 28.7 Å². The number of hydrogen-bond acceptors (Lipinski definition) is 3. The van der Waals surface area contributed by atoms with Gasteiger partial charge in [-0.2, -0.15) is 0 Å². The van der Waals surface area contributed by atoms with Gasteiger partial charge in [0.25, 0.3) is 0 Å². The minimum absolute atomic E-state index is 0.0356. The number of hydrogen-bond donors (Lipinski definition) is 1. The fourth-order valence-electron chi connectivity index (χ4n) is 2.98. The van der Waals surface area contributed by atoms with Gasteiger partial charge in [-0.15, -0.1) is 0 Å². The highest BCUT2D eigenvalue weighted by Gasteiger charge is 2.37. The van der Waals surface area contributed by atoms with Gasteiger partial charge in [-0.1, -0.05) is 0 Å². The van der Waals surface area contributed by atoms with E-state index < -0.39 is 0 Å². The number of aryl methyl sites for hydroxylation is 1. The number of nitrogens with one attached hydrogen (secondary N) is 1. The Hall–Kier alpha value is -1.14. The Morgan fingerprint density at radius 2 is 2.15 bits per heavy atom. The summed E-state index contributed by atoms with van der Waals surface area (Å²) in [5.74, 6) is 0. The van der Waals surface area contributed by atoms with Crippen LogP contribution >= 0.6 is 15.9 Å². The molecule has 2 unspecified atom stereocenters. The van der Waals surface area contributed by atoms with E-state index in [0.29, 0.717) is 13.2 Å². The molecule has 0 aromatic carbocycles. The number of carbonyl (C=O) groups is 1. The van der Waals surface area contributed by atoms with E-state index in [9.17, 15) is 4.79 Å². The summed E-state index contributed by atoms with van der Waals surface area (Å²) in [6.45, 7) is 3.26. The predicted molar refractivity (Wildman–Crippen MR) is 79.8 cm³/mol. The van der Waals surface area contributed by atoms with Crippen molar-refractivity contribution in [2.45, 2.75) is 38.3 Å². The first kappa shape index (κ1) is 13.8. The second-order valence-electron chi connectivity index (χ2n) is 5.45. The fourth-order valence-corrected chi connectivity index (χ4v) is 3.20. The Kier molecular flexibility index (Phi) is 3.94. The number of amides is 2. The lowest BCUT2D eigenvalue weighted by atomic mass is 9.95. The maximum Gasteiger partial charge on any atom is 0.322 e. The zero-order valence-electron chi connectivity index (χ0n) is 11.4. The average Bonchev–Trinajstić information content (AvgIpc) is 2.42. The number of nitrogens with zero attached hydrogens (tertiary/aromatic N) is 2. The van der Waals surface area contributed by atoms with Gasteiger partial charge in [0.2, 0.25) is 0 Å². The molecular weight excluding hydrogens is 322 g/mol. The summed E-state index contributed by atoms with van der Waals surface area (Å²) >= 11 is 3.36. The monoisotopic (exact) mass is 339 g/mol. The number of fused-ring (bicyclic) bond motifs is 2. The third kappa shape index (κ3) is 2.67. The minimum Gasteiger partial charge on any atom is -0.377 e. The summed E-state index contributed by atoms with van der Waals surface area (Å²) in [6, 6.07) is 2.32. The normalized spacial score (nSPS) is 25.4. The van der Waals surface area contributed by atoms with E-state index in [1.54, 1.807) is 6.20 Å². The van der Waals surface area contributed by atoms with Crippen molar-refractivity contribution < 1.29 is 9.53 Å². The molecule has 0 aliphatic carbocycles. The smallest absolute Gasteiger partial charge is 0.322 e. The first-order valence-corrected chi connectivity index (χ1v) is 7.73. The number of urea groups is 1. The Bertz CT molecular complexity index is 501. The van der Waals surface area contributed by atoms with Gasteiger partial charge in [0.15, 0.2) is 0 Å². The molecule has 2 fully saturated rings. The zero-order chi connectivity index (χ0) is 14.1. The summed E-state index contributed by atoms with van der Waals surface area (Å²) in [5.41, 5.74) is 1.74. The molecule has 2 saturated heterocycles. The second kappa shape index (κ2) is 5.69. The van der Waals surface area contributed by atoms with E-state index in [1.165, 1.54) is 6.42 Å². The second-order valence-corrected chi connectivity index (χ2v) is 6.20. The molecule has 1 aromatic heterocycles. The molecule has 0 spiro atoms. The molecular formula is C14H18BrN3O2. The SMILES string of the molecule is Cc1cc(NC(=O)N2C3CCCC2COC3)cnc1Br. The van der Waals surface area contributed by atoms with Gasteiger partial charge in [0.1, 0.15) is 4.60 Å². The van der Waals surface area contributed by atoms with Crippen molar-refractivity contribution >= 4 is 27.6 Å². The number of pyridine rings is 1. The van der Waals surface area contributed by atoms with Crippen molar-refractivity contribution in [2.75, 3.05) is 18.5 Å². The van der Waals surface area contributed by atoms with Gasteiger partial charge < -0.3 is 15.0 Å². The molecule has 1 N–H and O–H groups in total. The molecule has 20 heavy (non-hydrogen) atoms. The van der Waals surface area contributed by atoms with Crippen LogP contribution < -0.4 is 5.32 Å². The topological polar surface area (TPSA) is 54.5 Å². The molecule has 6 heteroatoms. The number of rotatable bonds is 1. The number of aromatic nitrogens is 1. The Morgan fingerprint density at radius 3 is 2.80 bits per heavy atom. The standard InChI is InChI=1S/C14H18BrN3O2/c1-9-5-10(6-16-13(9)15)17-14(19)18-11-3-2-4-12(18)8-20-7-11/h5-6,11-12H,2-4,7-8H2,1H3,(H,17,19). The Balaban J connectivity index is 1.73. The maximum atomic E-state index is 12.5. The van der Waals surface area contributed by atoms with Crippen LogP contribution in [0, 0.1) is 6.92 Å². The number of halogens is 1. The van der Waals surface area contributed by atoms with Crippen LogP contribution in [0.15, 0.2) is 16.9 Å². The summed E-state index contributed by atoms with van der Waals surface area (Å²) in [7, 11) is 0. The minimum atomic E-state index is -0.0356. The van der Waals surface area contributed by atoms with Crippen LogP contribution in [0.5, 0.6) is 0 Å². The number of anilines is 1. The van der Waals surface area contributed by atoms with Crippen molar-refractivity contribution in [1.82, 2.24) is 9.88 Å². The van der Waals surface area contributed by atoms with Crippen LogP contribution in [-0.2, 0) is 4.74 Å². The van der Waals surface area contributed by atoms with Crippen molar-refractivity contribution in [2.24, 2.45) is 0 Å². The molecule has 2 atom stereocenters. The molecule has 2 aliphatic heterocycles. The lowest BCUT2D eigenvalue weighted by molar-refractivity contribution is -0.0465. The Labute approximate surface area is 126 Å². The lowest BCUT2D eigenvalue weighted by Crippen LogP contribution is -2.58. The van der Waals surface area contributed by atoms with Crippen molar-refractivity contribution in [3.05, 3.63) is 22.4 Å². The third-order valence-corrected chi connectivity index (χ3v) is 4.81. The van der Waals surface area contributed by atoms with Gasteiger partial charge in [-0.05, 0) is 53.7 Å². The van der Waals surface area contributed by atoms with Crippen molar-refractivity contribution in [3.63, 3.8) is 0 Å². The Morgan fingerprint density at radius 1 is 1.45 bits per heavy atom. The van der Waals surface area contributed by atoms with E-state index in [1.807, 2.05) is 17.9 Å². The third-order valence-electron chi connectivity index (χ3n) is 3.98. The predicted octanol–water partition coefficient (Wildman–Crippen LogP) is 2.94. The summed E-state index contributed by atoms with van der Waals surface area (Å²) in [6.07, 6.45) is 4.91. The van der Waals surface area contributed by atoms with Crippen LogP contribution in [0.1, 0.15) is 24.8 Å². The molecule has 108 valence electrons. The highest BCUT2D eigenvalue weighted by atomic mass is 79.9. The van der Waals surface area contributed by atoms with E-state index in [-0.39, 0.29) is 18.1 Å². The number of piperidine rings is 1. The number of morpholine rings is 1. The van der Waals surface area contributed by atoms with Crippen LogP contribution in [0.25, 0.3) is 0 Å². The summed E-state index contributed by atoms with van der Waals surface area (Å²) in [4.78, 5) is 18.7. The lowest BCUT2D eigenvalue weighted by Gasteiger charge is -2.45. The summed E-state index contributed by atoms with van der Waals surface area (Å²) in [5, 5.41) is 2.96.